The fraction of sp³-hybridized carbons (Fsp3) is 1.00. The molecule has 1 aliphatic rings. The smallest absolute Gasteiger partial charge is 0.0346 e. The first-order valence-corrected chi connectivity index (χ1v) is 13.4. The molecule has 6 heteroatoms. The highest BCUT2D eigenvalue weighted by Gasteiger charge is 2.41. The minimum absolute atomic E-state index is 0.537. The van der Waals surface area contributed by atoms with Crippen molar-refractivity contribution < 1.29 is 0 Å². The van der Waals surface area contributed by atoms with Gasteiger partial charge in [0.1, 0.15) is 0 Å². The van der Waals surface area contributed by atoms with Crippen LogP contribution < -0.4 is 0 Å². The largest absolute Gasteiger partial charge is 0.190 e. The maximum absolute atomic E-state index is 4.85. The zero-order valence-electron chi connectivity index (χ0n) is 10.3. The maximum atomic E-state index is 4.85. The van der Waals surface area contributed by atoms with Crippen LogP contribution in [-0.2, 0) is 0 Å². The van der Waals surface area contributed by atoms with Gasteiger partial charge in [0, 0.05) is 15.1 Å². The van der Waals surface area contributed by atoms with Crippen LogP contribution in [0.2, 0.25) is 0 Å². The monoisotopic (exact) mass is 336 g/mol. The number of hydrogen-bond acceptors (Lipinski definition) is 4. The third kappa shape index (κ3) is 4.05. The molecule has 1 saturated carbocycles. The molecule has 1 fully saturated rings. The molecule has 1 rings (SSSR count). The van der Waals surface area contributed by atoms with Crippen molar-refractivity contribution in [2.24, 2.45) is 5.92 Å². The first kappa shape index (κ1) is 16.2. The molecule has 16 heavy (non-hydrogen) atoms. The van der Waals surface area contributed by atoms with E-state index in [4.69, 9.17) is 23.3 Å². The molecule has 0 bridgehead atoms. The first-order chi connectivity index (χ1) is 7.03. The molecule has 0 radical (unpaired) electrons. The molecule has 0 aromatic rings. The van der Waals surface area contributed by atoms with Gasteiger partial charge in [0.2, 0.25) is 0 Å². The lowest BCUT2D eigenvalue weighted by molar-refractivity contribution is 0.339. The second kappa shape index (κ2) is 5.61. The Labute approximate surface area is 125 Å². The zero-order chi connectivity index (χ0) is 12.7. The van der Waals surface area contributed by atoms with Crippen molar-refractivity contribution in [2.45, 2.75) is 27.9 Å². The molecule has 0 aromatic heterocycles. The van der Waals surface area contributed by atoms with Crippen molar-refractivity contribution in [1.29, 1.82) is 0 Å². The van der Waals surface area contributed by atoms with Gasteiger partial charge in [-0.2, -0.15) is 43.4 Å². The van der Waals surface area contributed by atoms with Crippen molar-refractivity contribution in [3.63, 3.8) is 0 Å². The fourth-order valence-corrected chi connectivity index (χ4v) is 14.7. The van der Waals surface area contributed by atoms with E-state index >= 15 is 0 Å². The van der Waals surface area contributed by atoms with E-state index in [1.807, 2.05) is 0 Å². The molecule has 0 heterocycles. The van der Waals surface area contributed by atoms with Gasteiger partial charge in [-0.05, 0) is 43.8 Å². The first-order valence-electron chi connectivity index (χ1n) is 5.29. The molecule has 0 amide bonds. The van der Waals surface area contributed by atoms with E-state index in [0.29, 0.717) is 21.0 Å². The summed E-state index contributed by atoms with van der Waals surface area (Å²) in [6.07, 6.45) is 11.5. The van der Waals surface area contributed by atoms with E-state index in [1.54, 1.807) is 0 Å². The highest BCUT2D eigenvalue weighted by atomic mass is 33.2. The summed E-state index contributed by atoms with van der Waals surface area (Å²) in [7, 11) is -1.71. The van der Waals surface area contributed by atoms with Gasteiger partial charge in [0.25, 0.3) is 0 Å². The molecule has 2 unspecified atom stereocenters. The summed E-state index contributed by atoms with van der Waals surface area (Å²) in [5.74, 6) is 0.648. The highest BCUT2D eigenvalue weighted by molar-refractivity contribution is 8.97. The van der Waals surface area contributed by atoms with Crippen LogP contribution in [0.15, 0.2) is 0 Å². The Kier molecular flexibility index (Phi) is 5.67. The van der Waals surface area contributed by atoms with Crippen LogP contribution in [0, 0.1) is 5.92 Å². The predicted molar refractivity (Wildman–Crippen MR) is 98.9 cm³/mol. The van der Waals surface area contributed by atoms with E-state index in [1.165, 1.54) is 6.42 Å². The molecule has 1 aliphatic carbocycles. The summed E-state index contributed by atoms with van der Waals surface area (Å²) >= 11 is 18.9. The normalized spacial score (nSPS) is 33.7. The molecule has 0 aliphatic heterocycles. The van der Waals surface area contributed by atoms with E-state index in [0.717, 1.165) is 6.42 Å². The summed E-state index contributed by atoms with van der Waals surface area (Å²) in [4.78, 5) is 0. The van der Waals surface area contributed by atoms with Gasteiger partial charge >= 0.3 is 0 Å². The van der Waals surface area contributed by atoms with E-state index in [9.17, 15) is 0 Å². The Hall–Kier alpha value is 2.10. The van der Waals surface area contributed by atoms with Crippen LogP contribution in [0.3, 0.4) is 0 Å². The number of hydrogen-bond donors (Lipinski definition) is 4. The van der Waals surface area contributed by atoms with E-state index in [-0.39, 0.29) is 0 Å². The third-order valence-corrected chi connectivity index (χ3v) is 12.6. The molecule has 100 valence electrons. The summed E-state index contributed by atoms with van der Waals surface area (Å²) in [5.41, 5.74) is 0. The molecular formula is C10H24S6. The zero-order valence-corrected chi connectivity index (χ0v) is 15.5. The molecule has 0 aromatic carbocycles. The van der Waals surface area contributed by atoms with Gasteiger partial charge in [0.15, 0.2) is 0 Å². The number of thiol groups is 4. The molecule has 0 nitrogen and oxygen atoms in total. The molecule has 2 atom stereocenters. The summed E-state index contributed by atoms with van der Waals surface area (Å²) < 4.78 is 0.626. The quantitative estimate of drug-likeness (QED) is 0.430. The lowest BCUT2D eigenvalue weighted by atomic mass is 9.82. The second-order valence-electron chi connectivity index (χ2n) is 5.40. The SMILES string of the molecule is CS(C)(S)C(CC1C(S)CC1S)S(C)(C)S. The van der Waals surface area contributed by atoms with Crippen LogP contribution >= 0.6 is 66.7 Å². The minimum Gasteiger partial charge on any atom is -0.190 e. The van der Waals surface area contributed by atoms with Crippen molar-refractivity contribution in [1.82, 2.24) is 0 Å². The van der Waals surface area contributed by atoms with Gasteiger partial charge in [-0.25, -0.2) is 0 Å². The Morgan fingerprint density at radius 2 is 1.38 bits per heavy atom. The van der Waals surface area contributed by atoms with Gasteiger partial charge in [-0.3, -0.25) is 0 Å². The highest BCUT2D eigenvalue weighted by Crippen LogP contribution is 2.69. The Bertz CT molecular complexity index is 219. The number of rotatable bonds is 4. The van der Waals surface area contributed by atoms with Crippen LogP contribution in [0.5, 0.6) is 0 Å². The average molecular weight is 337 g/mol. The minimum atomic E-state index is -0.854. The lowest BCUT2D eigenvalue weighted by Gasteiger charge is -2.51. The fourth-order valence-electron chi connectivity index (χ4n) is 2.24. The van der Waals surface area contributed by atoms with E-state index in [2.05, 4.69) is 50.3 Å². The Balaban J connectivity index is 2.72. The second-order valence-corrected chi connectivity index (χ2v) is 19.2. The Morgan fingerprint density at radius 1 is 1.00 bits per heavy atom. The Morgan fingerprint density at radius 3 is 1.62 bits per heavy atom. The van der Waals surface area contributed by atoms with Gasteiger partial charge in [-0.1, -0.05) is 0 Å². The van der Waals surface area contributed by atoms with Crippen LogP contribution in [0.1, 0.15) is 12.8 Å². The average Bonchev–Trinajstić information content (AvgIpc) is 1.98. The van der Waals surface area contributed by atoms with Crippen LogP contribution in [0.4, 0.5) is 0 Å². The van der Waals surface area contributed by atoms with E-state index < -0.39 is 18.1 Å². The van der Waals surface area contributed by atoms with Gasteiger partial charge in [0.05, 0.1) is 0 Å². The summed E-state index contributed by atoms with van der Waals surface area (Å²) in [5, 5.41) is 1.07. The maximum Gasteiger partial charge on any atom is 0.0346 e. The summed E-state index contributed by atoms with van der Waals surface area (Å²) in [6.45, 7) is 0. The third-order valence-electron chi connectivity index (χ3n) is 3.22. The topological polar surface area (TPSA) is 0 Å². The molecular weight excluding hydrogens is 313 g/mol. The van der Waals surface area contributed by atoms with Crippen molar-refractivity contribution >= 4 is 66.7 Å². The molecule has 0 N–H and O–H groups in total. The summed E-state index contributed by atoms with van der Waals surface area (Å²) in [6, 6.07) is 0. The lowest BCUT2D eigenvalue weighted by Crippen LogP contribution is -2.41. The van der Waals surface area contributed by atoms with Gasteiger partial charge in [-0.15, -0.1) is 23.3 Å². The van der Waals surface area contributed by atoms with Crippen LogP contribution in [-0.4, -0.2) is 40.1 Å². The molecule has 0 saturated heterocycles. The van der Waals surface area contributed by atoms with Crippen molar-refractivity contribution in [3.05, 3.63) is 0 Å². The standard InChI is InChI=1S/C10H24S6/c1-15(2,13)10(16(3,4)14)5-7-8(11)6-9(7)12/h7-14H,5-6H2,1-4H3. The van der Waals surface area contributed by atoms with Crippen LogP contribution in [0.25, 0.3) is 0 Å². The van der Waals surface area contributed by atoms with Crippen molar-refractivity contribution in [3.8, 4) is 0 Å². The molecule has 0 spiro atoms. The predicted octanol–water partition coefficient (Wildman–Crippen LogP) is 4.14. The van der Waals surface area contributed by atoms with Gasteiger partial charge < -0.3 is 0 Å². The van der Waals surface area contributed by atoms with Crippen molar-refractivity contribution in [2.75, 3.05) is 25.0 Å².